The monoisotopic (exact) mass is 547 g/mol. The van der Waals surface area contributed by atoms with Gasteiger partial charge in [0.2, 0.25) is 0 Å². The maximum Gasteiger partial charge on any atom is 0.347 e. The maximum absolute atomic E-state index is 12.8. The van der Waals surface area contributed by atoms with Crippen molar-refractivity contribution >= 4 is 69.3 Å². The van der Waals surface area contributed by atoms with Crippen LogP contribution in [0.25, 0.3) is 17.4 Å². The summed E-state index contributed by atoms with van der Waals surface area (Å²) in [7, 11) is 0. The molecule has 0 saturated carbocycles. The fourth-order valence-electron chi connectivity index (χ4n) is 2.93. The smallest absolute Gasteiger partial charge is 0.347 e. The van der Waals surface area contributed by atoms with E-state index in [-0.39, 0.29) is 5.91 Å². The highest BCUT2D eigenvalue weighted by atomic mass is 127. The van der Waals surface area contributed by atoms with Gasteiger partial charge < -0.3 is 7.48 Å². The maximum atomic E-state index is 12.8. The lowest BCUT2D eigenvalue weighted by Crippen LogP contribution is -2.27. The fourth-order valence-corrected chi connectivity index (χ4v) is 4.42. The Labute approximate surface area is 196 Å². The van der Waals surface area contributed by atoms with Crippen molar-refractivity contribution in [3.63, 3.8) is 0 Å². The van der Waals surface area contributed by atoms with Crippen molar-refractivity contribution in [1.82, 2.24) is 4.90 Å². The Morgan fingerprint density at radius 2 is 1.83 bits per heavy atom. The van der Waals surface area contributed by atoms with Crippen molar-refractivity contribution in [2.24, 2.45) is 0 Å². The molecule has 8 heteroatoms. The first-order valence-electron chi connectivity index (χ1n) is 8.87. The van der Waals surface area contributed by atoms with E-state index in [0.717, 1.165) is 11.1 Å². The molecule has 0 N–H and O–H groups in total. The molecule has 0 aliphatic carbocycles. The van der Waals surface area contributed by atoms with Crippen LogP contribution in [-0.4, -0.2) is 21.1 Å². The van der Waals surface area contributed by atoms with Crippen molar-refractivity contribution in [3.8, 4) is 11.3 Å². The molecule has 1 aliphatic heterocycles. The number of hydrogen-bond acceptors (Lipinski definition) is 6. The van der Waals surface area contributed by atoms with E-state index in [4.69, 9.17) is 16.6 Å². The first-order valence-corrected chi connectivity index (χ1v) is 11.0. The van der Waals surface area contributed by atoms with Gasteiger partial charge in [-0.05, 0) is 29.8 Å². The number of benzene rings is 2. The zero-order valence-corrected chi connectivity index (χ0v) is 19.2. The standard InChI is InChI=1S/C22H14INO4S2/c23-28-21(26)16-8-6-15(7-9-16)18-11-10-17(27-18)12-19-20(25)24(22(29)30-19)13-14-4-2-1-3-5-14/h1-12H,13H2/b19-12+. The Morgan fingerprint density at radius 3 is 2.53 bits per heavy atom. The Kier molecular flexibility index (Phi) is 6.35. The second-order valence-corrected chi connectivity index (χ2v) is 8.51. The third kappa shape index (κ3) is 4.50. The number of carbonyl (C=O) groups excluding carboxylic acids is 2. The van der Waals surface area contributed by atoms with E-state index >= 15 is 0 Å². The summed E-state index contributed by atoms with van der Waals surface area (Å²) in [6.07, 6.45) is 1.70. The van der Waals surface area contributed by atoms with E-state index in [1.807, 2.05) is 36.4 Å². The third-order valence-electron chi connectivity index (χ3n) is 4.43. The molecule has 5 nitrogen and oxygen atoms in total. The first-order chi connectivity index (χ1) is 14.5. The third-order valence-corrected chi connectivity index (χ3v) is 6.21. The molecular weight excluding hydrogens is 533 g/mol. The van der Waals surface area contributed by atoms with E-state index in [9.17, 15) is 9.59 Å². The highest BCUT2D eigenvalue weighted by Crippen LogP contribution is 2.34. The minimum atomic E-state index is -0.403. The van der Waals surface area contributed by atoms with Gasteiger partial charge in [0.15, 0.2) is 23.0 Å². The average Bonchev–Trinajstić information content (AvgIpc) is 3.34. The van der Waals surface area contributed by atoms with Crippen molar-refractivity contribution in [1.29, 1.82) is 0 Å². The van der Waals surface area contributed by atoms with E-state index in [0.29, 0.717) is 32.9 Å². The number of nitrogens with zero attached hydrogens (tertiary/aromatic N) is 1. The Hall–Kier alpha value is -2.43. The lowest BCUT2D eigenvalue weighted by molar-refractivity contribution is -0.122. The minimum Gasteiger partial charge on any atom is -0.457 e. The van der Waals surface area contributed by atoms with Crippen molar-refractivity contribution in [3.05, 3.63) is 88.5 Å². The zero-order valence-electron chi connectivity index (χ0n) is 15.4. The summed E-state index contributed by atoms with van der Waals surface area (Å²) in [6.45, 7) is 0.443. The van der Waals surface area contributed by atoms with Gasteiger partial charge in [-0.15, -0.1) is 0 Å². The molecule has 0 spiro atoms. The Bertz CT molecular complexity index is 1140. The van der Waals surface area contributed by atoms with Crippen LogP contribution in [0, 0.1) is 0 Å². The molecule has 0 radical (unpaired) electrons. The summed E-state index contributed by atoms with van der Waals surface area (Å²) in [5.74, 6) is 0.657. The average molecular weight is 547 g/mol. The van der Waals surface area contributed by atoms with Crippen LogP contribution in [0.5, 0.6) is 0 Å². The molecule has 1 saturated heterocycles. The van der Waals surface area contributed by atoms with E-state index in [2.05, 4.69) is 3.07 Å². The second kappa shape index (κ2) is 9.15. The highest BCUT2D eigenvalue weighted by Gasteiger charge is 2.32. The quantitative estimate of drug-likeness (QED) is 0.227. The second-order valence-electron chi connectivity index (χ2n) is 6.40. The summed E-state index contributed by atoms with van der Waals surface area (Å²) in [4.78, 5) is 26.5. The first kappa shape index (κ1) is 20.8. The van der Waals surface area contributed by atoms with E-state index < -0.39 is 5.97 Å². The van der Waals surface area contributed by atoms with Crippen LogP contribution in [-0.2, 0) is 14.4 Å². The molecule has 2 heterocycles. The van der Waals surface area contributed by atoms with E-state index in [1.54, 1.807) is 64.3 Å². The SMILES string of the molecule is O=C(OI)c1ccc(-c2ccc(/C=C3/SC(=S)N(Cc4ccccc4)C3=O)o2)cc1. The van der Waals surface area contributed by atoms with Crippen LogP contribution < -0.4 is 0 Å². The summed E-state index contributed by atoms with van der Waals surface area (Å²) < 4.78 is 11.1. The Morgan fingerprint density at radius 1 is 1.10 bits per heavy atom. The zero-order chi connectivity index (χ0) is 21.1. The highest BCUT2D eigenvalue weighted by molar-refractivity contribution is 14.1. The summed E-state index contributed by atoms with van der Waals surface area (Å²) >= 11 is 8.22. The van der Waals surface area contributed by atoms with Gasteiger partial charge in [-0.2, -0.15) is 0 Å². The number of carbonyl (C=O) groups is 2. The normalized spacial score (nSPS) is 15.1. The summed E-state index contributed by atoms with van der Waals surface area (Å²) in [5.41, 5.74) is 2.29. The largest absolute Gasteiger partial charge is 0.457 e. The van der Waals surface area contributed by atoms with Gasteiger partial charge in [-0.1, -0.05) is 66.4 Å². The number of rotatable bonds is 5. The van der Waals surface area contributed by atoms with Crippen LogP contribution >= 0.6 is 47.0 Å². The molecule has 30 heavy (non-hydrogen) atoms. The number of amides is 1. The molecule has 3 aromatic rings. The topological polar surface area (TPSA) is 59.8 Å². The van der Waals surface area contributed by atoms with Crippen molar-refractivity contribution in [2.75, 3.05) is 0 Å². The number of thioether (sulfide) groups is 1. The molecule has 1 fully saturated rings. The van der Waals surface area contributed by atoms with Crippen molar-refractivity contribution < 1.29 is 17.1 Å². The number of halogens is 1. The van der Waals surface area contributed by atoms with Crippen LogP contribution in [0.15, 0.2) is 76.1 Å². The van der Waals surface area contributed by atoms with E-state index in [1.165, 1.54) is 11.8 Å². The van der Waals surface area contributed by atoms with Gasteiger partial charge in [0.05, 0.1) is 17.0 Å². The van der Waals surface area contributed by atoms with Crippen molar-refractivity contribution in [2.45, 2.75) is 6.54 Å². The predicted molar refractivity (Wildman–Crippen MR) is 129 cm³/mol. The molecular formula is C22H14INO4S2. The molecule has 4 rings (SSSR count). The molecule has 2 aromatic carbocycles. The van der Waals surface area contributed by atoms with Crippen LogP contribution in [0.3, 0.4) is 0 Å². The van der Waals surface area contributed by atoms with Crippen LogP contribution in [0.2, 0.25) is 0 Å². The fraction of sp³-hybridized carbons (Fsp3) is 0.0455. The lowest BCUT2D eigenvalue weighted by Gasteiger charge is -2.14. The number of thiocarbonyl (C=S) groups is 1. The van der Waals surface area contributed by atoms with Crippen LogP contribution in [0.1, 0.15) is 21.7 Å². The number of furan rings is 1. The Balaban J connectivity index is 1.50. The molecule has 1 aliphatic rings. The molecule has 150 valence electrons. The molecule has 1 amide bonds. The molecule has 0 atom stereocenters. The van der Waals surface area contributed by atoms with Gasteiger partial charge in [-0.25, -0.2) is 4.79 Å². The summed E-state index contributed by atoms with van der Waals surface area (Å²) in [6, 6.07) is 20.3. The molecule has 1 aromatic heterocycles. The lowest BCUT2D eigenvalue weighted by atomic mass is 10.1. The van der Waals surface area contributed by atoms with Gasteiger partial charge in [0.1, 0.15) is 15.8 Å². The molecule has 0 bridgehead atoms. The van der Waals surface area contributed by atoms with Gasteiger partial charge in [0, 0.05) is 11.6 Å². The summed E-state index contributed by atoms with van der Waals surface area (Å²) in [5, 5.41) is 0. The van der Waals surface area contributed by atoms with Gasteiger partial charge >= 0.3 is 5.97 Å². The van der Waals surface area contributed by atoms with Gasteiger partial charge in [0.25, 0.3) is 5.91 Å². The van der Waals surface area contributed by atoms with Crippen LogP contribution in [0.4, 0.5) is 0 Å². The minimum absolute atomic E-state index is 0.131. The number of hydrogen-bond donors (Lipinski definition) is 0. The van der Waals surface area contributed by atoms with Gasteiger partial charge in [-0.3, -0.25) is 9.69 Å². The molecule has 0 unspecified atom stereocenters. The predicted octanol–water partition coefficient (Wildman–Crippen LogP) is 5.85.